The normalized spacial score (nSPS) is 10.6. The molecule has 140 valence electrons. The fraction of sp³-hybridized carbons (Fsp3) is 0.238. The molecule has 1 amide bonds. The predicted octanol–water partition coefficient (Wildman–Crippen LogP) is 5.08. The van der Waals surface area contributed by atoms with E-state index in [1.165, 1.54) is 0 Å². The van der Waals surface area contributed by atoms with Gasteiger partial charge in [-0.05, 0) is 42.8 Å². The van der Waals surface area contributed by atoms with Gasteiger partial charge in [0.15, 0.2) is 6.61 Å². The number of carbonyl (C=O) groups is 1. The van der Waals surface area contributed by atoms with Crippen LogP contribution in [0.1, 0.15) is 19.8 Å². The summed E-state index contributed by atoms with van der Waals surface area (Å²) in [6.07, 6.45) is 3.75. The van der Waals surface area contributed by atoms with Crippen LogP contribution in [-0.2, 0) is 4.79 Å². The van der Waals surface area contributed by atoms with E-state index in [4.69, 9.17) is 21.1 Å². The number of rotatable bonds is 8. The molecule has 0 aliphatic carbocycles. The van der Waals surface area contributed by atoms with Crippen LogP contribution in [0.15, 0.2) is 54.7 Å². The second kappa shape index (κ2) is 9.24. The molecule has 27 heavy (non-hydrogen) atoms. The number of benzene rings is 2. The highest BCUT2D eigenvalue weighted by atomic mass is 35.5. The van der Waals surface area contributed by atoms with Crippen LogP contribution in [0.25, 0.3) is 10.9 Å². The third kappa shape index (κ3) is 4.89. The first-order chi connectivity index (χ1) is 13.2. The Hall–Kier alpha value is -2.79. The van der Waals surface area contributed by atoms with Crippen molar-refractivity contribution >= 4 is 34.1 Å². The van der Waals surface area contributed by atoms with Gasteiger partial charge in [-0.15, -0.1) is 0 Å². The molecule has 0 spiro atoms. The van der Waals surface area contributed by atoms with Crippen LogP contribution in [0.4, 0.5) is 5.69 Å². The molecular formula is C21H21ClN2O3. The van der Waals surface area contributed by atoms with Crippen LogP contribution in [0.2, 0.25) is 5.02 Å². The summed E-state index contributed by atoms with van der Waals surface area (Å²) in [6, 6.07) is 14.4. The third-order valence-corrected chi connectivity index (χ3v) is 4.27. The number of para-hydroxylation sites is 1. The number of carbonyl (C=O) groups excluding carboxylic acids is 1. The van der Waals surface area contributed by atoms with Gasteiger partial charge in [0.2, 0.25) is 0 Å². The molecule has 6 heteroatoms. The molecular weight excluding hydrogens is 364 g/mol. The predicted molar refractivity (Wildman–Crippen MR) is 108 cm³/mol. The van der Waals surface area contributed by atoms with E-state index in [2.05, 4.69) is 17.2 Å². The first-order valence-electron chi connectivity index (χ1n) is 8.86. The molecule has 0 aliphatic heterocycles. The van der Waals surface area contributed by atoms with Crippen LogP contribution in [0.3, 0.4) is 0 Å². The maximum Gasteiger partial charge on any atom is 0.262 e. The number of halogens is 1. The standard InChI is InChI=1S/C21H21ClN2O3/c1-2-3-13-26-19-11-10-17(15-7-6-12-23-21(15)19)24-20(25)14-27-18-9-5-4-8-16(18)22/h4-12H,2-3,13-14H2,1H3,(H,24,25). The number of amides is 1. The first-order valence-corrected chi connectivity index (χ1v) is 9.24. The Bertz CT molecular complexity index is 930. The minimum absolute atomic E-state index is 0.139. The molecule has 2 aromatic carbocycles. The van der Waals surface area contributed by atoms with Gasteiger partial charge in [0.1, 0.15) is 17.0 Å². The van der Waals surface area contributed by atoms with E-state index in [1.807, 2.05) is 24.3 Å². The van der Waals surface area contributed by atoms with E-state index in [9.17, 15) is 4.79 Å². The van der Waals surface area contributed by atoms with Gasteiger partial charge in [-0.25, -0.2) is 0 Å². The van der Waals surface area contributed by atoms with Crippen LogP contribution >= 0.6 is 11.6 Å². The van der Waals surface area contributed by atoms with E-state index in [1.54, 1.807) is 30.5 Å². The fourth-order valence-corrected chi connectivity index (χ4v) is 2.78. The van der Waals surface area contributed by atoms with Crippen LogP contribution in [0.5, 0.6) is 11.5 Å². The topological polar surface area (TPSA) is 60.5 Å². The summed E-state index contributed by atoms with van der Waals surface area (Å²) in [5, 5.41) is 4.15. The molecule has 0 unspecified atom stereocenters. The molecule has 1 heterocycles. The van der Waals surface area contributed by atoms with Gasteiger partial charge in [-0.1, -0.05) is 37.1 Å². The molecule has 3 aromatic rings. The summed E-state index contributed by atoms with van der Waals surface area (Å²) in [6.45, 7) is 2.61. The zero-order chi connectivity index (χ0) is 19.1. The van der Waals surface area contributed by atoms with Crippen molar-refractivity contribution in [2.45, 2.75) is 19.8 Å². The van der Waals surface area contributed by atoms with E-state index < -0.39 is 0 Å². The maximum atomic E-state index is 12.3. The highest BCUT2D eigenvalue weighted by Gasteiger charge is 2.11. The van der Waals surface area contributed by atoms with Crippen molar-refractivity contribution < 1.29 is 14.3 Å². The Labute approximate surface area is 163 Å². The van der Waals surface area contributed by atoms with E-state index in [0.29, 0.717) is 28.8 Å². The van der Waals surface area contributed by atoms with Gasteiger partial charge >= 0.3 is 0 Å². The Morgan fingerprint density at radius 2 is 1.93 bits per heavy atom. The summed E-state index contributed by atoms with van der Waals surface area (Å²) in [5.74, 6) is 0.907. The number of nitrogens with one attached hydrogen (secondary N) is 1. The number of anilines is 1. The molecule has 0 bridgehead atoms. The zero-order valence-electron chi connectivity index (χ0n) is 15.1. The smallest absolute Gasteiger partial charge is 0.262 e. The second-order valence-corrected chi connectivity index (χ2v) is 6.39. The summed E-state index contributed by atoms with van der Waals surface area (Å²) in [7, 11) is 0. The molecule has 0 saturated carbocycles. The molecule has 1 aromatic heterocycles. The number of fused-ring (bicyclic) bond motifs is 1. The van der Waals surface area contributed by atoms with Crippen LogP contribution < -0.4 is 14.8 Å². The highest BCUT2D eigenvalue weighted by molar-refractivity contribution is 6.32. The summed E-state index contributed by atoms with van der Waals surface area (Å²) >= 11 is 6.04. The van der Waals surface area contributed by atoms with Gasteiger partial charge in [-0.3, -0.25) is 9.78 Å². The lowest BCUT2D eigenvalue weighted by Gasteiger charge is -2.13. The van der Waals surface area contributed by atoms with Crippen molar-refractivity contribution in [3.8, 4) is 11.5 Å². The molecule has 5 nitrogen and oxygen atoms in total. The number of nitrogens with zero attached hydrogens (tertiary/aromatic N) is 1. The van der Waals surface area contributed by atoms with E-state index in [-0.39, 0.29) is 12.5 Å². The lowest BCUT2D eigenvalue weighted by Crippen LogP contribution is -2.20. The number of pyridine rings is 1. The van der Waals surface area contributed by atoms with Gasteiger partial charge < -0.3 is 14.8 Å². The SMILES string of the molecule is CCCCOc1ccc(NC(=O)COc2ccccc2Cl)c2cccnc12. The Morgan fingerprint density at radius 1 is 1.07 bits per heavy atom. The molecule has 0 atom stereocenters. The van der Waals surface area contributed by atoms with Gasteiger partial charge in [0.05, 0.1) is 17.3 Å². The second-order valence-electron chi connectivity index (χ2n) is 5.98. The molecule has 0 aliphatic rings. The molecule has 0 radical (unpaired) electrons. The Balaban J connectivity index is 1.72. The quantitative estimate of drug-likeness (QED) is 0.550. The first kappa shape index (κ1) is 19.0. The van der Waals surface area contributed by atoms with Crippen molar-refractivity contribution in [2.24, 2.45) is 0 Å². The molecule has 0 saturated heterocycles. The summed E-state index contributed by atoms with van der Waals surface area (Å²) in [5.41, 5.74) is 1.38. The van der Waals surface area contributed by atoms with E-state index in [0.717, 1.165) is 23.7 Å². The number of hydrogen-bond donors (Lipinski definition) is 1. The lowest BCUT2D eigenvalue weighted by atomic mass is 10.1. The monoisotopic (exact) mass is 384 g/mol. The largest absolute Gasteiger partial charge is 0.491 e. The van der Waals surface area contributed by atoms with Crippen molar-refractivity contribution in [3.63, 3.8) is 0 Å². The minimum atomic E-state index is -0.278. The van der Waals surface area contributed by atoms with Gasteiger partial charge in [-0.2, -0.15) is 0 Å². The van der Waals surface area contributed by atoms with Crippen LogP contribution in [-0.4, -0.2) is 24.1 Å². The van der Waals surface area contributed by atoms with Gasteiger partial charge in [0, 0.05) is 11.6 Å². The number of ether oxygens (including phenoxy) is 2. The molecule has 0 fully saturated rings. The molecule has 3 rings (SSSR count). The highest BCUT2D eigenvalue weighted by Crippen LogP contribution is 2.30. The summed E-state index contributed by atoms with van der Waals surface area (Å²) in [4.78, 5) is 16.7. The third-order valence-electron chi connectivity index (χ3n) is 3.96. The zero-order valence-corrected chi connectivity index (χ0v) is 15.8. The average molecular weight is 385 g/mol. The maximum absolute atomic E-state index is 12.3. The number of unbranched alkanes of at least 4 members (excludes halogenated alkanes) is 1. The van der Waals surface area contributed by atoms with Crippen molar-refractivity contribution in [1.82, 2.24) is 4.98 Å². The molecule has 1 N–H and O–H groups in total. The van der Waals surface area contributed by atoms with Crippen molar-refractivity contribution in [1.29, 1.82) is 0 Å². The lowest BCUT2D eigenvalue weighted by molar-refractivity contribution is -0.118. The van der Waals surface area contributed by atoms with Gasteiger partial charge in [0.25, 0.3) is 5.91 Å². The Morgan fingerprint density at radius 3 is 2.74 bits per heavy atom. The van der Waals surface area contributed by atoms with Crippen molar-refractivity contribution in [3.05, 3.63) is 59.8 Å². The summed E-state index contributed by atoms with van der Waals surface area (Å²) < 4.78 is 11.3. The Kier molecular flexibility index (Phi) is 6.49. The van der Waals surface area contributed by atoms with E-state index >= 15 is 0 Å². The number of hydrogen-bond acceptors (Lipinski definition) is 4. The minimum Gasteiger partial charge on any atom is -0.491 e. The van der Waals surface area contributed by atoms with Crippen LogP contribution in [0, 0.1) is 0 Å². The average Bonchev–Trinajstić information content (AvgIpc) is 2.69. The number of aromatic nitrogens is 1. The fourth-order valence-electron chi connectivity index (χ4n) is 2.59. The van der Waals surface area contributed by atoms with Crippen molar-refractivity contribution in [2.75, 3.05) is 18.5 Å².